The van der Waals surface area contributed by atoms with Crippen molar-refractivity contribution < 1.29 is 27.5 Å². The van der Waals surface area contributed by atoms with Crippen LogP contribution in [0.15, 0.2) is 77.0 Å². The number of nitrogens with zero attached hydrogens (tertiary/aromatic N) is 2. The number of ketones is 1. The molecule has 0 aliphatic heterocycles. The number of carbonyl (C=O) groups excluding carboxylic acids is 3. The molecule has 10 nitrogen and oxygen atoms in total. The molecule has 40 heavy (non-hydrogen) atoms. The van der Waals surface area contributed by atoms with Gasteiger partial charge in [0.05, 0.1) is 36.4 Å². The van der Waals surface area contributed by atoms with Crippen LogP contribution in [0.25, 0.3) is 0 Å². The van der Waals surface area contributed by atoms with Crippen LogP contribution in [-0.4, -0.2) is 49.1 Å². The molecule has 2 amide bonds. The Hall–Kier alpha value is -4.26. The fraction of sp³-hybridized carbons (Fsp3) is 0.179. The molecular weight excluding hydrogens is 552 g/mol. The van der Waals surface area contributed by atoms with E-state index in [0.717, 1.165) is 4.88 Å². The number of ether oxygens (including phenoxy) is 1. The highest BCUT2D eigenvalue weighted by Crippen LogP contribution is 2.22. The van der Waals surface area contributed by atoms with Gasteiger partial charge in [-0.05, 0) is 66.4 Å². The van der Waals surface area contributed by atoms with Crippen molar-refractivity contribution in [3.8, 4) is 5.75 Å². The first kappa shape index (κ1) is 28.7. The number of hydrogen-bond donors (Lipinski definition) is 2. The first-order valence-corrected chi connectivity index (χ1v) is 14.5. The van der Waals surface area contributed by atoms with Crippen LogP contribution in [0.4, 0.5) is 0 Å². The lowest BCUT2D eigenvalue weighted by atomic mass is 10.1. The van der Waals surface area contributed by atoms with Gasteiger partial charge in [0, 0.05) is 22.7 Å². The zero-order valence-corrected chi connectivity index (χ0v) is 23.5. The minimum atomic E-state index is -3.89. The number of nitrogens with two attached hydrogens (primary N) is 2. The highest BCUT2D eigenvalue weighted by atomic mass is 32.2. The number of Topliss-reactive ketones (excluding diaryl/α,β-unsaturated/α-hetero) is 1. The lowest BCUT2D eigenvalue weighted by molar-refractivity contribution is 0.0695. The molecule has 0 spiro atoms. The summed E-state index contributed by atoms with van der Waals surface area (Å²) in [6, 6.07) is 17.5. The summed E-state index contributed by atoms with van der Waals surface area (Å²) in [6.07, 6.45) is 0. The second-order valence-electron chi connectivity index (χ2n) is 9.06. The zero-order valence-electron chi connectivity index (χ0n) is 21.9. The Labute approximate surface area is 235 Å². The molecule has 4 rings (SSSR count). The van der Waals surface area contributed by atoms with Crippen molar-refractivity contribution in [2.24, 2.45) is 10.9 Å². The van der Waals surface area contributed by atoms with Crippen molar-refractivity contribution in [2.45, 2.75) is 24.9 Å². The highest BCUT2D eigenvalue weighted by molar-refractivity contribution is 7.89. The van der Waals surface area contributed by atoms with E-state index >= 15 is 0 Å². The van der Waals surface area contributed by atoms with Crippen molar-refractivity contribution in [1.82, 2.24) is 9.47 Å². The highest BCUT2D eigenvalue weighted by Gasteiger charge is 2.25. The van der Waals surface area contributed by atoms with Crippen LogP contribution in [0, 0.1) is 6.92 Å². The van der Waals surface area contributed by atoms with Gasteiger partial charge in [0.25, 0.3) is 11.8 Å². The molecule has 0 radical (unpaired) electrons. The quantitative estimate of drug-likeness (QED) is 0.260. The first-order valence-electron chi connectivity index (χ1n) is 12.1. The van der Waals surface area contributed by atoms with Crippen molar-refractivity contribution in [3.63, 3.8) is 0 Å². The second-order valence-corrected chi connectivity index (χ2v) is 11.7. The van der Waals surface area contributed by atoms with E-state index in [4.69, 9.17) is 15.6 Å². The second kappa shape index (κ2) is 11.9. The number of carbonyl (C=O) groups is 3. The van der Waals surface area contributed by atoms with E-state index in [9.17, 15) is 22.8 Å². The molecule has 0 aliphatic rings. The maximum absolute atomic E-state index is 13.7. The summed E-state index contributed by atoms with van der Waals surface area (Å²) in [5, 5.41) is 7.12. The fourth-order valence-electron chi connectivity index (χ4n) is 4.26. The van der Waals surface area contributed by atoms with Gasteiger partial charge in [0.15, 0.2) is 5.78 Å². The summed E-state index contributed by atoms with van der Waals surface area (Å²) in [6.45, 7) is 1.78. The minimum Gasteiger partial charge on any atom is -0.497 e. The van der Waals surface area contributed by atoms with E-state index in [2.05, 4.69) is 0 Å². The molecule has 208 valence electrons. The number of rotatable bonds is 11. The summed E-state index contributed by atoms with van der Waals surface area (Å²) < 4.78 is 30.2. The SMILES string of the molecule is COc1ccc(C(=O)N(CC(=O)c2cc(C(N)=O)c(C)n2Cc2cccs2)Cc2ccc(S(N)(=O)=O)cc2)cc1. The third-order valence-corrected chi connectivity index (χ3v) is 8.19. The van der Waals surface area contributed by atoms with Crippen LogP contribution in [0.2, 0.25) is 0 Å². The molecule has 12 heteroatoms. The Morgan fingerprint density at radius 2 is 1.70 bits per heavy atom. The van der Waals surface area contributed by atoms with E-state index in [1.807, 2.05) is 17.5 Å². The monoisotopic (exact) mass is 580 g/mol. The maximum Gasteiger partial charge on any atom is 0.254 e. The zero-order chi connectivity index (χ0) is 29.0. The van der Waals surface area contributed by atoms with Gasteiger partial charge in [-0.1, -0.05) is 18.2 Å². The predicted octanol–water partition coefficient (Wildman–Crippen LogP) is 3.19. The average Bonchev–Trinajstić information content (AvgIpc) is 3.56. The summed E-state index contributed by atoms with van der Waals surface area (Å²) in [4.78, 5) is 41.7. The van der Waals surface area contributed by atoms with Gasteiger partial charge >= 0.3 is 0 Å². The van der Waals surface area contributed by atoms with Crippen LogP contribution < -0.4 is 15.6 Å². The Kier molecular flexibility index (Phi) is 8.52. The Bertz CT molecular complexity index is 1640. The number of methoxy groups -OCH3 is 1. The van der Waals surface area contributed by atoms with Gasteiger partial charge in [-0.25, -0.2) is 13.6 Å². The van der Waals surface area contributed by atoms with E-state index in [1.54, 1.807) is 35.8 Å². The standard InChI is InChI=1S/C28H28N4O6S2/c1-18-24(27(29)34)14-25(32(18)16-22-4-3-13-39-22)26(33)17-31(28(35)20-7-9-21(38-2)10-8-20)15-19-5-11-23(12-6-19)40(30,36)37/h3-14H,15-17H2,1-2H3,(H2,29,34)(H2,30,36,37). The molecule has 0 saturated carbocycles. The Morgan fingerprint density at radius 3 is 2.25 bits per heavy atom. The molecule has 4 aromatic rings. The number of hydrogen-bond acceptors (Lipinski definition) is 7. The molecule has 0 saturated heterocycles. The van der Waals surface area contributed by atoms with Gasteiger partial charge in [0.1, 0.15) is 5.75 Å². The van der Waals surface area contributed by atoms with Gasteiger partial charge in [-0.3, -0.25) is 14.4 Å². The molecule has 0 aliphatic carbocycles. The molecule has 0 unspecified atom stereocenters. The number of aromatic nitrogens is 1. The largest absolute Gasteiger partial charge is 0.497 e. The number of benzene rings is 2. The summed E-state index contributed by atoms with van der Waals surface area (Å²) >= 11 is 1.51. The molecule has 2 heterocycles. The molecule has 2 aromatic carbocycles. The number of primary sulfonamides is 1. The molecule has 4 N–H and O–H groups in total. The van der Waals surface area contributed by atoms with E-state index < -0.39 is 27.6 Å². The predicted molar refractivity (Wildman–Crippen MR) is 151 cm³/mol. The van der Waals surface area contributed by atoms with E-state index in [0.29, 0.717) is 29.1 Å². The van der Waals surface area contributed by atoms with Crippen molar-refractivity contribution in [3.05, 3.63) is 105 Å². The molecule has 0 atom stereocenters. The summed E-state index contributed by atoms with van der Waals surface area (Å²) in [5.74, 6) is -0.902. The Balaban J connectivity index is 1.69. The number of amides is 2. The molecule has 2 aromatic heterocycles. The third-order valence-electron chi connectivity index (χ3n) is 6.40. The first-order chi connectivity index (χ1) is 19.0. The minimum absolute atomic E-state index is 0.00872. The lowest BCUT2D eigenvalue weighted by Crippen LogP contribution is -2.36. The molecular formula is C28H28N4O6S2. The summed E-state index contributed by atoms with van der Waals surface area (Å²) in [7, 11) is -2.38. The topological polar surface area (TPSA) is 155 Å². The van der Waals surface area contributed by atoms with E-state index in [-0.39, 0.29) is 29.2 Å². The van der Waals surface area contributed by atoms with Crippen molar-refractivity contribution in [1.29, 1.82) is 0 Å². The lowest BCUT2D eigenvalue weighted by Gasteiger charge is -2.23. The smallest absolute Gasteiger partial charge is 0.254 e. The molecule has 0 fully saturated rings. The average molecular weight is 581 g/mol. The maximum atomic E-state index is 13.7. The van der Waals surface area contributed by atoms with Crippen LogP contribution in [-0.2, 0) is 23.1 Å². The van der Waals surface area contributed by atoms with Crippen LogP contribution >= 0.6 is 11.3 Å². The summed E-state index contributed by atoms with van der Waals surface area (Å²) in [5.41, 5.74) is 7.52. The van der Waals surface area contributed by atoms with Crippen LogP contribution in [0.3, 0.4) is 0 Å². The number of primary amides is 1. The van der Waals surface area contributed by atoms with Crippen molar-refractivity contribution in [2.75, 3.05) is 13.7 Å². The van der Waals surface area contributed by atoms with E-state index in [1.165, 1.54) is 53.7 Å². The molecule has 0 bridgehead atoms. The van der Waals surface area contributed by atoms with Gasteiger partial charge in [0.2, 0.25) is 10.0 Å². The van der Waals surface area contributed by atoms with Gasteiger partial charge in [-0.15, -0.1) is 11.3 Å². The fourth-order valence-corrected chi connectivity index (χ4v) is 5.47. The number of sulfonamides is 1. The number of thiophene rings is 1. The van der Waals surface area contributed by atoms with Crippen LogP contribution in [0.1, 0.15) is 47.3 Å². The third kappa shape index (κ3) is 6.47. The normalized spacial score (nSPS) is 11.3. The van der Waals surface area contributed by atoms with Crippen molar-refractivity contribution >= 4 is 39.0 Å². The van der Waals surface area contributed by atoms with Crippen LogP contribution in [0.5, 0.6) is 5.75 Å². The van der Waals surface area contributed by atoms with Gasteiger partial charge in [-0.2, -0.15) is 0 Å². The van der Waals surface area contributed by atoms with Gasteiger partial charge < -0.3 is 19.9 Å². The Morgan fingerprint density at radius 1 is 1.02 bits per heavy atom.